The molecule has 0 radical (unpaired) electrons. The predicted molar refractivity (Wildman–Crippen MR) is 45.9 cm³/mol. The molecule has 0 aliphatic rings. The van der Waals surface area contributed by atoms with Crippen molar-refractivity contribution in [2.75, 3.05) is 33.4 Å². The molecule has 1 unspecified atom stereocenters. The van der Waals surface area contributed by atoms with Gasteiger partial charge in [0, 0.05) is 20.3 Å². The molecule has 6 heteroatoms. The van der Waals surface area contributed by atoms with Crippen molar-refractivity contribution in [2.45, 2.75) is 13.3 Å². The lowest BCUT2D eigenvalue weighted by molar-refractivity contribution is -0.323. The Morgan fingerprint density at radius 2 is 2.00 bits per heavy atom. The summed E-state index contributed by atoms with van der Waals surface area (Å²) in [4.78, 5) is 0. The quantitative estimate of drug-likeness (QED) is 0.651. The van der Waals surface area contributed by atoms with Crippen molar-refractivity contribution >= 4 is 0 Å². The van der Waals surface area contributed by atoms with E-state index in [0.717, 1.165) is 0 Å². The second-order valence-corrected chi connectivity index (χ2v) is 3.06. The van der Waals surface area contributed by atoms with E-state index in [1.807, 2.05) is 6.92 Å². The number of halogens is 3. The number of hydrogen-bond acceptors (Lipinski definition) is 3. The average molecular weight is 215 g/mol. The summed E-state index contributed by atoms with van der Waals surface area (Å²) < 4.78 is 42.9. The number of ether oxygens (including phenoxy) is 2. The molecule has 1 atom stereocenters. The van der Waals surface area contributed by atoms with Crippen LogP contribution in [0.15, 0.2) is 0 Å². The zero-order valence-corrected chi connectivity index (χ0v) is 8.36. The zero-order chi connectivity index (χ0) is 11.0. The molecular formula is C8H16F3NO2. The lowest BCUT2D eigenvalue weighted by Crippen LogP contribution is -2.29. The van der Waals surface area contributed by atoms with Crippen LogP contribution in [0.5, 0.6) is 0 Å². The summed E-state index contributed by atoms with van der Waals surface area (Å²) in [6, 6.07) is 0. The monoisotopic (exact) mass is 215 g/mol. The lowest BCUT2D eigenvalue weighted by Gasteiger charge is -2.12. The molecule has 0 aliphatic carbocycles. The van der Waals surface area contributed by atoms with E-state index in [0.29, 0.717) is 13.2 Å². The minimum atomic E-state index is -4.53. The highest BCUT2D eigenvalue weighted by atomic mass is 19.4. The van der Waals surface area contributed by atoms with Gasteiger partial charge in [-0.3, -0.25) is 4.74 Å². The molecule has 0 saturated carbocycles. The smallest absolute Gasteiger partial charge is 0.384 e. The molecule has 0 spiro atoms. The van der Waals surface area contributed by atoms with Gasteiger partial charge in [-0.1, -0.05) is 6.92 Å². The van der Waals surface area contributed by atoms with Crippen LogP contribution < -0.4 is 5.32 Å². The zero-order valence-electron chi connectivity index (χ0n) is 8.36. The van der Waals surface area contributed by atoms with Gasteiger partial charge >= 0.3 is 6.36 Å². The topological polar surface area (TPSA) is 30.5 Å². The van der Waals surface area contributed by atoms with E-state index in [-0.39, 0.29) is 19.1 Å². The largest absolute Gasteiger partial charge is 0.522 e. The van der Waals surface area contributed by atoms with E-state index < -0.39 is 6.36 Å². The van der Waals surface area contributed by atoms with E-state index in [1.165, 1.54) is 0 Å². The van der Waals surface area contributed by atoms with Crippen molar-refractivity contribution in [3.63, 3.8) is 0 Å². The van der Waals surface area contributed by atoms with Gasteiger partial charge in [-0.25, -0.2) is 0 Å². The molecule has 0 aromatic carbocycles. The summed E-state index contributed by atoms with van der Waals surface area (Å²) in [6.07, 6.45) is -4.53. The summed E-state index contributed by atoms with van der Waals surface area (Å²) in [5.41, 5.74) is 0. The first-order valence-electron chi connectivity index (χ1n) is 4.36. The normalized spacial score (nSPS) is 14.4. The molecule has 0 rings (SSSR count). The predicted octanol–water partition coefficient (Wildman–Crippen LogP) is 1.39. The van der Waals surface area contributed by atoms with Gasteiger partial charge in [0.1, 0.15) is 0 Å². The number of nitrogens with one attached hydrogen (secondary N) is 1. The molecule has 0 heterocycles. The lowest BCUT2D eigenvalue weighted by atomic mass is 10.2. The first-order valence-corrected chi connectivity index (χ1v) is 4.36. The highest BCUT2D eigenvalue weighted by molar-refractivity contribution is 4.55. The van der Waals surface area contributed by atoms with Crippen LogP contribution in [-0.2, 0) is 9.47 Å². The minimum Gasteiger partial charge on any atom is -0.384 e. The fourth-order valence-electron chi connectivity index (χ4n) is 0.931. The number of rotatable bonds is 7. The Hall–Kier alpha value is -0.330. The fourth-order valence-corrected chi connectivity index (χ4v) is 0.931. The first kappa shape index (κ1) is 13.7. The summed E-state index contributed by atoms with van der Waals surface area (Å²) >= 11 is 0. The van der Waals surface area contributed by atoms with Crippen molar-refractivity contribution < 1.29 is 22.6 Å². The van der Waals surface area contributed by atoms with Crippen molar-refractivity contribution in [3.8, 4) is 0 Å². The van der Waals surface area contributed by atoms with Crippen molar-refractivity contribution in [2.24, 2.45) is 5.92 Å². The van der Waals surface area contributed by atoms with Gasteiger partial charge in [-0.05, 0) is 12.5 Å². The van der Waals surface area contributed by atoms with Gasteiger partial charge in [-0.15, -0.1) is 13.2 Å². The Morgan fingerprint density at radius 3 is 2.50 bits per heavy atom. The van der Waals surface area contributed by atoms with Crippen LogP contribution in [0.2, 0.25) is 0 Å². The Morgan fingerprint density at radius 1 is 1.36 bits per heavy atom. The van der Waals surface area contributed by atoms with Gasteiger partial charge in [0.2, 0.25) is 0 Å². The number of methoxy groups -OCH3 is 1. The second kappa shape index (κ2) is 7.03. The molecule has 0 bridgehead atoms. The molecule has 0 fully saturated rings. The van der Waals surface area contributed by atoms with Crippen LogP contribution in [0, 0.1) is 5.92 Å². The first-order chi connectivity index (χ1) is 6.45. The van der Waals surface area contributed by atoms with Crippen molar-refractivity contribution in [1.29, 1.82) is 0 Å². The Bertz CT molecular complexity index is 141. The van der Waals surface area contributed by atoms with E-state index in [9.17, 15) is 13.2 Å². The maximum Gasteiger partial charge on any atom is 0.522 e. The molecule has 0 aliphatic heterocycles. The third kappa shape index (κ3) is 9.76. The van der Waals surface area contributed by atoms with Crippen molar-refractivity contribution in [1.82, 2.24) is 5.32 Å². The SMILES string of the molecule is COCC(C)CNCCOC(F)(F)F. The van der Waals surface area contributed by atoms with E-state index in [4.69, 9.17) is 4.74 Å². The minimum absolute atomic E-state index is 0.188. The molecule has 86 valence electrons. The number of hydrogen-bond donors (Lipinski definition) is 1. The maximum atomic E-state index is 11.5. The highest BCUT2D eigenvalue weighted by Crippen LogP contribution is 2.15. The Balaban J connectivity index is 3.21. The third-order valence-corrected chi connectivity index (χ3v) is 1.49. The molecule has 0 saturated heterocycles. The number of alkyl halides is 3. The highest BCUT2D eigenvalue weighted by Gasteiger charge is 2.28. The van der Waals surface area contributed by atoms with E-state index in [1.54, 1.807) is 7.11 Å². The van der Waals surface area contributed by atoms with Crippen LogP contribution in [0.4, 0.5) is 13.2 Å². The summed E-state index contributed by atoms with van der Waals surface area (Å²) in [6.45, 7) is 2.99. The molecule has 0 amide bonds. The molecule has 1 N–H and O–H groups in total. The Kier molecular flexibility index (Phi) is 6.86. The Labute approximate surface area is 81.6 Å². The maximum absolute atomic E-state index is 11.5. The fraction of sp³-hybridized carbons (Fsp3) is 1.00. The van der Waals surface area contributed by atoms with Crippen LogP contribution in [0.25, 0.3) is 0 Å². The van der Waals surface area contributed by atoms with Gasteiger partial charge in [-0.2, -0.15) is 0 Å². The van der Waals surface area contributed by atoms with E-state index >= 15 is 0 Å². The van der Waals surface area contributed by atoms with Gasteiger partial charge in [0.25, 0.3) is 0 Å². The van der Waals surface area contributed by atoms with Crippen LogP contribution in [0.3, 0.4) is 0 Å². The van der Waals surface area contributed by atoms with Gasteiger partial charge in [0.05, 0.1) is 6.61 Å². The second-order valence-electron chi connectivity index (χ2n) is 3.06. The molecule has 14 heavy (non-hydrogen) atoms. The van der Waals surface area contributed by atoms with Gasteiger partial charge < -0.3 is 10.1 Å². The summed E-state index contributed by atoms with van der Waals surface area (Å²) in [7, 11) is 1.59. The summed E-state index contributed by atoms with van der Waals surface area (Å²) in [5, 5.41) is 2.84. The molecule has 0 aromatic rings. The summed E-state index contributed by atoms with van der Waals surface area (Å²) in [5.74, 6) is 0.283. The molecule has 0 aromatic heterocycles. The molecular weight excluding hydrogens is 199 g/mol. The van der Waals surface area contributed by atoms with Gasteiger partial charge in [0.15, 0.2) is 0 Å². The van der Waals surface area contributed by atoms with E-state index in [2.05, 4.69) is 10.1 Å². The molecule has 3 nitrogen and oxygen atoms in total. The average Bonchev–Trinajstić information content (AvgIpc) is 2.02. The van der Waals surface area contributed by atoms with Crippen LogP contribution in [-0.4, -0.2) is 39.8 Å². The van der Waals surface area contributed by atoms with Crippen LogP contribution in [0.1, 0.15) is 6.92 Å². The third-order valence-electron chi connectivity index (χ3n) is 1.49. The van der Waals surface area contributed by atoms with Crippen LogP contribution >= 0.6 is 0 Å². The standard InChI is InChI=1S/C8H16F3NO2/c1-7(6-13-2)5-12-3-4-14-8(9,10)11/h7,12H,3-6H2,1-2H3. The van der Waals surface area contributed by atoms with Crippen molar-refractivity contribution in [3.05, 3.63) is 0 Å².